The monoisotopic (exact) mass is 272 g/mol. The minimum absolute atomic E-state index is 0.0955. The SMILES string of the molecule is CCCCOc1ccc(C(=O)Cc2cnn(C)c2)cc1. The standard InChI is InChI=1S/C16H20N2O2/c1-3-4-9-20-15-7-5-14(6-8-15)16(19)10-13-11-17-18(2)12-13/h5-8,11-12H,3-4,9-10H2,1-2H3. The molecule has 0 spiro atoms. The number of carbonyl (C=O) groups excluding carboxylic acids is 1. The molecule has 0 saturated heterocycles. The quantitative estimate of drug-likeness (QED) is 0.575. The van der Waals surface area contributed by atoms with Crippen LogP contribution in [0.15, 0.2) is 36.7 Å². The number of rotatable bonds is 7. The highest BCUT2D eigenvalue weighted by molar-refractivity contribution is 5.97. The van der Waals surface area contributed by atoms with Crippen LogP contribution < -0.4 is 4.74 Å². The maximum Gasteiger partial charge on any atom is 0.167 e. The van der Waals surface area contributed by atoms with Gasteiger partial charge in [-0.2, -0.15) is 5.10 Å². The summed E-state index contributed by atoms with van der Waals surface area (Å²) in [6, 6.07) is 7.35. The van der Waals surface area contributed by atoms with Gasteiger partial charge in [-0.3, -0.25) is 9.48 Å². The Labute approximate surface area is 119 Å². The molecule has 2 rings (SSSR count). The fraction of sp³-hybridized carbons (Fsp3) is 0.375. The van der Waals surface area contributed by atoms with Gasteiger partial charge in [-0.1, -0.05) is 13.3 Å². The van der Waals surface area contributed by atoms with E-state index >= 15 is 0 Å². The molecule has 0 amide bonds. The molecule has 0 atom stereocenters. The van der Waals surface area contributed by atoms with Gasteiger partial charge in [0.2, 0.25) is 0 Å². The van der Waals surface area contributed by atoms with Gasteiger partial charge in [0.1, 0.15) is 5.75 Å². The van der Waals surface area contributed by atoms with Gasteiger partial charge >= 0.3 is 0 Å². The van der Waals surface area contributed by atoms with E-state index in [-0.39, 0.29) is 5.78 Å². The largest absolute Gasteiger partial charge is 0.494 e. The molecular formula is C16H20N2O2. The molecule has 2 aromatic rings. The van der Waals surface area contributed by atoms with Gasteiger partial charge in [0.15, 0.2) is 5.78 Å². The Hall–Kier alpha value is -2.10. The van der Waals surface area contributed by atoms with Crippen molar-refractivity contribution in [2.75, 3.05) is 6.61 Å². The van der Waals surface area contributed by atoms with Gasteiger partial charge in [-0.15, -0.1) is 0 Å². The molecule has 106 valence electrons. The number of Topliss-reactive ketones (excluding diaryl/α,β-unsaturated/α-hetero) is 1. The summed E-state index contributed by atoms with van der Waals surface area (Å²) >= 11 is 0. The second kappa shape index (κ2) is 6.89. The third kappa shape index (κ3) is 3.95. The van der Waals surface area contributed by atoms with Crippen LogP contribution in [0.2, 0.25) is 0 Å². The maximum atomic E-state index is 12.1. The summed E-state index contributed by atoms with van der Waals surface area (Å²) in [5.74, 6) is 0.912. The second-order valence-corrected chi connectivity index (χ2v) is 4.85. The van der Waals surface area contributed by atoms with Crippen molar-refractivity contribution in [3.05, 3.63) is 47.8 Å². The summed E-state index contributed by atoms with van der Waals surface area (Å²) in [6.07, 6.45) is 6.12. The Morgan fingerprint density at radius 1 is 1.30 bits per heavy atom. The summed E-state index contributed by atoms with van der Waals surface area (Å²) in [5.41, 5.74) is 1.64. The number of unbranched alkanes of at least 4 members (excludes halogenated alkanes) is 1. The van der Waals surface area contributed by atoms with Crippen molar-refractivity contribution in [1.82, 2.24) is 9.78 Å². The molecule has 0 saturated carbocycles. The second-order valence-electron chi connectivity index (χ2n) is 4.85. The van der Waals surface area contributed by atoms with Crippen molar-refractivity contribution < 1.29 is 9.53 Å². The number of aromatic nitrogens is 2. The van der Waals surface area contributed by atoms with Crippen LogP contribution in [0, 0.1) is 0 Å². The lowest BCUT2D eigenvalue weighted by atomic mass is 10.1. The van der Waals surface area contributed by atoms with Crippen LogP contribution in [0.5, 0.6) is 5.75 Å². The highest BCUT2D eigenvalue weighted by Crippen LogP contribution is 2.14. The topological polar surface area (TPSA) is 44.1 Å². The zero-order valence-corrected chi connectivity index (χ0v) is 12.0. The maximum absolute atomic E-state index is 12.1. The molecule has 0 bridgehead atoms. The Morgan fingerprint density at radius 3 is 2.65 bits per heavy atom. The van der Waals surface area contributed by atoms with Crippen LogP contribution in [-0.4, -0.2) is 22.2 Å². The fourth-order valence-electron chi connectivity index (χ4n) is 1.92. The number of ether oxygens (including phenoxy) is 1. The normalized spacial score (nSPS) is 10.5. The molecule has 4 nitrogen and oxygen atoms in total. The highest BCUT2D eigenvalue weighted by Gasteiger charge is 2.08. The first-order chi connectivity index (χ1) is 9.69. The van der Waals surface area contributed by atoms with Gasteiger partial charge < -0.3 is 4.74 Å². The first kappa shape index (κ1) is 14.3. The van der Waals surface area contributed by atoms with Crippen LogP contribution >= 0.6 is 0 Å². The molecule has 0 unspecified atom stereocenters. The first-order valence-electron chi connectivity index (χ1n) is 6.92. The molecular weight excluding hydrogens is 252 g/mol. The number of ketones is 1. The number of carbonyl (C=O) groups is 1. The summed E-state index contributed by atoms with van der Waals surface area (Å²) in [4.78, 5) is 12.1. The zero-order valence-electron chi connectivity index (χ0n) is 12.0. The predicted octanol–water partition coefficient (Wildman–Crippen LogP) is 3.02. The van der Waals surface area contributed by atoms with Gasteiger partial charge in [0.25, 0.3) is 0 Å². The lowest BCUT2D eigenvalue weighted by Gasteiger charge is -2.06. The van der Waals surface area contributed by atoms with E-state index in [9.17, 15) is 4.79 Å². The van der Waals surface area contributed by atoms with Gasteiger partial charge in [0, 0.05) is 25.2 Å². The lowest BCUT2D eigenvalue weighted by Crippen LogP contribution is -2.03. The van der Waals surface area contributed by atoms with Crippen LogP contribution in [0.4, 0.5) is 0 Å². The molecule has 20 heavy (non-hydrogen) atoms. The van der Waals surface area contributed by atoms with E-state index < -0.39 is 0 Å². The molecule has 0 aliphatic rings. The molecule has 1 aromatic carbocycles. The van der Waals surface area contributed by atoms with Crippen LogP contribution in [-0.2, 0) is 13.5 Å². The van der Waals surface area contributed by atoms with Crippen molar-refractivity contribution >= 4 is 5.78 Å². The summed E-state index contributed by atoms with van der Waals surface area (Å²) in [7, 11) is 1.84. The number of hydrogen-bond acceptors (Lipinski definition) is 3. The Kier molecular flexibility index (Phi) is 4.93. The van der Waals surface area contributed by atoms with Crippen molar-refractivity contribution in [2.24, 2.45) is 7.05 Å². The van der Waals surface area contributed by atoms with Crippen molar-refractivity contribution in [1.29, 1.82) is 0 Å². The average molecular weight is 272 g/mol. The zero-order chi connectivity index (χ0) is 14.4. The van der Waals surface area contributed by atoms with E-state index in [2.05, 4.69) is 12.0 Å². The van der Waals surface area contributed by atoms with E-state index in [4.69, 9.17) is 4.74 Å². The van der Waals surface area contributed by atoms with E-state index in [0.717, 1.165) is 30.8 Å². The third-order valence-electron chi connectivity index (χ3n) is 3.07. The summed E-state index contributed by atoms with van der Waals surface area (Å²) in [6.45, 7) is 2.85. The molecule has 1 aromatic heterocycles. The molecule has 1 heterocycles. The van der Waals surface area contributed by atoms with Crippen LogP contribution in [0.25, 0.3) is 0 Å². The minimum Gasteiger partial charge on any atom is -0.494 e. The lowest BCUT2D eigenvalue weighted by molar-refractivity contribution is 0.0993. The van der Waals surface area contributed by atoms with Crippen LogP contribution in [0.3, 0.4) is 0 Å². The van der Waals surface area contributed by atoms with E-state index in [0.29, 0.717) is 12.0 Å². The minimum atomic E-state index is 0.0955. The van der Waals surface area contributed by atoms with Crippen LogP contribution in [0.1, 0.15) is 35.7 Å². The van der Waals surface area contributed by atoms with Crippen molar-refractivity contribution in [2.45, 2.75) is 26.2 Å². The van der Waals surface area contributed by atoms with Gasteiger partial charge in [-0.25, -0.2) is 0 Å². The number of benzene rings is 1. The molecule has 4 heteroatoms. The Morgan fingerprint density at radius 2 is 2.05 bits per heavy atom. The molecule has 0 aliphatic carbocycles. The van der Waals surface area contributed by atoms with E-state index in [1.54, 1.807) is 10.9 Å². The number of nitrogens with zero attached hydrogens (tertiary/aromatic N) is 2. The Balaban J connectivity index is 1.93. The summed E-state index contributed by atoms with van der Waals surface area (Å²) in [5, 5.41) is 4.06. The highest BCUT2D eigenvalue weighted by atomic mass is 16.5. The molecule has 0 aliphatic heterocycles. The van der Waals surface area contributed by atoms with Crippen molar-refractivity contribution in [3.8, 4) is 5.75 Å². The van der Waals surface area contributed by atoms with E-state index in [1.165, 1.54) is 0 Å². The molecule has 0 N–H and O–H groups in total. The number of hydrogen-bond donors (Lipinski definition) is 0. The van der Waals surface area contributed by atoms with Gasteiger partial charge in [-0.05, 0) is 36.2 Å². The fourth-order valence-corrected chi connectivity index (χ4v) is 1.92. The summed E-state index contributed by atoms with van der Waals surface area (Å²) < 4.78 is 7.28. The smallest absolute Gasteiger partial charge is 0.167 e. The Bertz CT molecular complexity index is 558. The van der Waals surface area contributed by atoms with E-state index in [1.807, 2.05) is 37.5 Å². The first-order valence-corrected chi connectivity index (χ1v) is 6.92. The van der Waals surface area contributed by atoms with Crippen molar-refractivity contribution in [3.63, 3.8) is 0 Å². The van der Waals surface area contributed by atoms with Gasteiger partial charge in [0.05, 0.1) is 12.8 Å². The average Bonchev–Trinajstić information content (AvgIpc) is 2.85. The number of aryl methyl sites for hydroxylation is 1. The predicted molar refractivity (Wildman–Crippen MR) is 78.1 cm³/mol. The third-order valence-corrected chi connectivity index (χ3v) is 3.07. The molecule has 0 fully saturated rings. The molecule has 0 radical (unpaired) electrons.